The highest BCUT2D eigenvalue weighted by Crippen LogP contribution is 2.45. The zero-order chi connectivity index (χ0) is 24.9. The number of hydrogen-bond acceptors (Lipinski definition) is 7. The number of rotatable bonds is 10. The third kappa shape index (κ3) is 4.88. The van der Waals surface area contributed by atoms with Crippen molar-refractivity contribution in [1.82, 2.24) is 4.90 Å². The van der Waals surface area contributed by atoms with Crippen molar-refractivity contribution in [1.29, 1.82) is 5.26 Å². The Morgan fingerprint density at radius 3 is 2.21 bits per heavy atom. The summed E-state index contributed by atoms with van der Waals surface area (Å²) in [7, 11) is 10.3. The molecule has 0 bridgehead atoms. The smallest absolute Gasteiger partial charge is 0.203 e. The zero-order valence-corrected chi connectivity index (χ0v) is 21.4. The number of nitrogens with zero attached hydrogens (tertiary/aromatic N) is 2. The van der Waals surface area contributed by atoms with Crippen LogP contribution in [0.15, 0.2) is 24.3 Å². The number of ether oxygens (including phenoxy) is 5. The Labute approximate surface area is 203 Å². The van der Waals surface area contributed by atoms with Crippen LogP contribution >= 0.6 is 0 Å². The fraction of sp³-hybridized carbons (Fsp3) is 0.519. The van der Waals surface area contributed by atoms with E-state index in [1.807, 2.05) is 31.2 Å². The van der Waals surface area contributed by atoms with Crippen molar-refractivity contribution >= 4 is 0 Å². The van der Waals surface area contributed by atoms with Crippen LogP contribution < -0.4 is 23.7 Å². The first-order valence-corrected chi connectivity index (χ1v) is 11.5. The normalized spacial score (nSPS) is 17.2. The molecule has 2 aromatic rings. The second kappa shape index (κ2) is 10.9. The van der Waals surface area contributed by atoms with Crippen LogP contribution in [0.4, 0.5) is 0 Å². The second-order valence-corrected chi connectivity index (χ2v) is 8.96. The molecule has 34 heavy (non-hydrogen) atoms. The minimum absolute atomic E-state index is 0.341. The molecule has 1 aliphatic rings. The van der Waals surface area contributed by atoms with Gasteiger partial charge in [-0.25, -0.2) is 0 Å². The van der Waals surface area contributed by atoms with Gasteiger partial charge in [-0.15, -0.1) is 0 Å². The molecule has 0 amide bonds. The Morgan fingerprint density at radius 1 is 0.941 bits per heavy atom. The van der Waals surface area contributed by atoms with Crippen molar-refractivity contribution in [2.24, 2.45) is 0 Å². The van der Waals surface area contributed by atoms with Crippen LogP contribution in [0.5, 0.6) is 28.7 Å². The first kappa shape index (κ1) is 25.5. The molecule has 2 aromatic carbocycles. The summed E-state index contributed by atoms with van der Waals surface area (Å²) in [5.74, 6) is 3.38. The van der Waals surface area contributed by atoms with Crippen molar-refractivity contribution in [2.75, 3.05) is 42.6 Å². The molecule has 1 aliphatic heterocycles. The minimum Gasteiger partial charge on any atom is -0.493 e. The molecule has 7 nitrogen and oxygen atoms in total. The van der Waals surface area contributed by atoms with E-state index in [0.29, 0.717) is 29.0 Å². The van der Waals surface area contributed by atoms with E-state index in [0.717, 1.165) is 43.5 Å². The van der Waals surface area contributed by atoms with Gasteiger partial charge in [0, 0.05) is 18.2 Å². The van der Waals surface area contributed by atoms with Crippen molar-refractivity contribution < 1.29 is 23.7 Å². The molecular formula is C27H36N2O5. The minimum atomic E-state index is -0.612. The van der Waals surface area contributed by atoms with Crippen LogP contribution in [0, 0.1) is 11.3 Å². The van der Waals surface area contributed by atoms with Crippen LogP contribution in [-0.4, -0.2) is 53.5 Å². The number of nitriles is 1. The van der Waals surface area contributed by atoms with Gasteiger partial charge >= 0.3 is 0 Å². The van der Waals surface area contributed by atoms with Crippen molar-refractivity contribution in [3.63, 3.8) is 0 Å². The lowest BCUT2D eigenvalue weighted by Gasteiger charge is -2.36. The first-order valence-electron chi connectivity index (χ1n) is 11.5. The molecule has 0 aliphatic carbocycles. The largest absolute Gasteiger partial charge is 0.493 e. The summed E-state index contributed by atoms with van der Waals surface area (Å²) in [5.41, 5.74) is 2.69. The number of fused-ring (bicyclic) bond motifs is 1. The Kier molecular flexibility index (Phi) is 8.16. The molecule has 0 saturated heterocycles. The molecular weight excluding hydrogens is 432 g/mol. The predicted octanol–water partition coefficient (Wildman–Crippen LogP) is 4.74. The van der Waals surface area contributed by atoms with Gasteiger partial charge in [0.05, 0.1) is 47.0 Å². The van der Waals surface area contributed by atoms with Gasteiger partial charge in [0.2, 0.25) is 5.75 Å². The highest BCUT2D eigenvalue weighted by molar-refractivity contribution is 5.60. The highest BCUT2D eigenvalue weighted by Gasteiger charge is 2.32. The van der Waals surface area contributed by atoms with E-state index in [1.165, 1.54) is 11.1 Å². The van der Waals surface area contributed by atoms with Crippen LogP contribution in [0.25, 0.3) is 0 Å². The molecule has 0 radical (unpaired) electrons. The molecule has 0 spiro atoms. The zero-order valence-electron chi connectivity index (χ0n) is 21.4. The fourth-order valence-corrected chi connectivity index (χ4v) is 4.88. The van der Waals surface area contributed by atoms with E-state index in [4.69, 9.17) is 23.7 Å². The molecule has 1 heterocycles. The van der Waals surface area contributed by atoms with Crippen molar-refractivity contribution in [3.05, 3.63) is 41.0 Å². The molecule has 2 unspecified atom stereocenters. The summed E-state index contributed by atoms with van der Waals surface area (Å²) >= 11 is 0. The predicted molar refractivity (Wildman–Crippen MR) is 131 cm³/mol. The molecule has 0 aromatic heterocycles. The van der Waals surface area contributed by atoms with Gasteiger partial charge < -0.3 is 23.7 Å². The van der Waals surface area contributed by atoms with Crippen LogP contribution in [0.3, 0.4) is 0 Å². The molecule has 7 heteroatoms. The molecule has 184 valence electrons. The first-order chi connectivity index (χ1) is 16.3. The SMILES string of the molecule is COc1ccc(C(C)(C#N)CCCC2Cc3c(cc(OC)c(OC)c3OC)CN2C)cc1OC. The average Bonchev–Trinajstić information content (AvgIpc) is 2.87. The lowest BCUT2D eigenvalue weighted by molar-refractivity contribution is 0.194. The Bertz CT molecular complexity index is 1050. The maximum absolute atomic E-state index is 10.0. The topological polar surface area (TPSA) is 73.2 Å². The van der Waals surface area contributed by atoms with Gasteiger partial charge in [-0.2, -0.15) is 5.26 Å². The molecule has 0 N–H and O–H groups in total. The summed E-state index contributed by atoms with van der Waals surface area (Å²) in [6.45, 7) is 2.80. The van der Waals surface area contributed by atoms with E-state index >= 15 is 0 Å². The van der Waals surface area contributed by atoms with Gasteiger partial charge in [0.1, 0.15) is 0 Å². The van der Waals surface area contributed by atoms with E-state index in [2.05, 4.69) is 18.0 Å². The van der Waals surface area contributed by atoms with Crippen LogP contribution in [0.2, 0.25) is 0 Å². The monoisotopic (exact) mass is 468 g/mol. The Hall–Kier alpha value is -3.11. The van der Waals surface area contributed by atoms with E-state index in [1.54, 1.807) is 35.5 Å². The van der Waals surface area contributed by atoms with Gasteiger partial charge in [0.25, 0.3) is 0 Å². The Balaban J connectivity index is 1.76. The quantitative estimate of drug-likeness (QED) is 0.499. The van der Waals surface area contributed by atoms with Gasteiger partial charge in [0.15, 0.2) is 23.0 Å². The lowest BCUT2D eigenvalue weighted by atomic mass is 9.78. The summed E-state index contributed by atoms with van der Waals surface area (Å²) in [5, 5.41) is 10.0. The summed E-state index contributed by atoms with van der Waals surface area (Å²) in [6.07, 6.45) is 3.49. The molecule has 2 atom stereocenters. The van der Waals surface area contributed by atoms with Crippen LogP contribution in [0.1, 0.15) is 42.9 Å². The average molecular weight is 469 g/mol. The Morgan fingerprint density at radius 2 is 1.62 bits per heavy atom. The number of methoxy groups -OCH3 is 5. The van der Waals surface area contributed by atoms with Gasteiger partial charge in [-0.05, 0) is 69.0 Å². The second-order valence-electron chi connectivity index (χ2n) is 8.96. The molecule has 0 saturated carbocycles. The van der Waals surface area contributed by atoms with E-state index in [-0.39, 0.29) is 0 Å². The lowest BCUT2D eigenvalue weighted by Crippen LogP contribution is -2.38. The summed E-state index contributed by atoms with van der Waals surface area (Å²) < 4.78 is 27.7. The number of benzene rings is 2. The maximum Gasteiger partial charge on any atom is 0.203 e. The summed E-state index contributed by atoms with van der Waals surface area (Å²) in [6, 6.07) is 10.7. The van der Waals surface area contributed by atoms with Crippen molar-refractivity contribution in [2.45, 2.75) is 50.6 Å². The third-order valence-corrected chi connectivity index (χ3v) is 6.99. The van der Waals surface area contributed by atoms with E-state index in [9.17, 15) is 5.26 Å². The fourth-order valence-electron chi connectivity index (χ4n) is 4.88. The molecule has 3 rings (SSSR count). The number of hydrogen-bond donors (Lipinski definition) is 0. The van der Waals surface area contributed by atoms with E-state index < -0.39 is 5.41 Å². The third-order valence-electron chi connectivity index (χ3n) is 6.99. The maximum atomic E-state index is 10.0. The molecule has 0 fully saturated rings. The van der Waals surface area contributed by atoms with Gasteiger partial charge in [-0.1, -0.05) is 6.07 Å². The van der Waals surface area contributed by atoms with Crippen molar-refractivity contribution in [3.8, 4) is 34.8 Å². The highest BCUT2D eigenvalue weighted by atomic mass is 16.5. The summed E-state index contributed by atoms with van der Waals surface area (Å²) in [4.78, 5) is 2.37. The van der Waals surface area contributed by atoms with Crippen LogP contribution in [-0.2, 0) is 18.4 Å². The standard InChI is InChI=1S/C27H36N2O5/c1-27(17-28,19-10-11-22(30-3)23(14-19)31-4)12-8-9-20-15-21-18(16-29(20)2)13-24(32-5)26(34-7)25(21)33-6/h10-11,13-14,20H,8-9,12,15-16H2,1-7H3. The van der Waals surface area contributed by atoms with Gasteiger partial charge in [-0.3, -0.25) is 4.90 Å². The number of likely N-dealkylation sites (N-methyl/N-ethyl adjacent to an activating group) is 1.